The lowest BCUT2D eigenvalue weighted by Gasteiger charge is -2.07. The quantitative estimate of drug-likeness (QED) is 0.241. The van der Waals surface area contributed by atoms with Crippen LogP contribution in [0.25, 0.3) is 0 Å². The number of rotatable bonds is 12. The molecule has 1 aliphatic rings. The molecule has 138 valence electrons. The van der Waals surface area contributed by atoms with Crippen LogP contribution in [0.3, 0.4) is 0 Å². The zero-order valence-electron chi connectivity index (χ0n) is 15.8. The Bertz CT molecular complexity index is 442. The van der Waals surface area contributed by atoms with Gasteiger partial charge in [-0.05, 0) is 12.3 Å². The van der Waals surface area contributed by atoms with Crippen LogP contribution in [-0.4, -0.2) is 35.3 Å². The van der Waals surface area contributed by atoms with Gasteiger partial charge in [-0.1, -0.05) is 71.6 Å². The van der Waals surface area contributed by atoms with Gasteiger partial charge in [-0.15, -0.1) is 0 Å². The fourth-order valence-corrected chi connectivity index (χ4v) is 3.14. The van der Waals surface area contributed by atoms with Crippen molar-refractivity contribution in [2.75, 3.05) is 13.6 Å². The zero-order chi connectivity index (χ0) is 17.9. The molecule has 0 spiro atoms. The first kappa shape index (κ1) is 20.7. The Morgan fingerprint density at radius 1 is 1.04 bits per heavy atom. The number of nitrogens with zero attached hydrogens (tertiary/aromatic N) is 1. The normalized spacial score (nSPS) is 18.4. The summed E-state index contributed by atoms with van der Waals surface area (Å²) in [7, 11) is 1.59. The van der Waals surface area contributed by atoms with Gasteiger partial charge in [-0.3, -0.25) is 9.59 Å². The van der Waals surface area contributed by atoms with E-state index in [4.69, 9.17) is 0 Å². The van der Waals surface area contributed by atoms with Crippen LogP contribution >= 0.6 is 0 Å². The summed E-state index contributed by atoms with van der Waals surface area (Å²) in [5.41, 5.74) is 0.0128. The van der Waals surface area contributed by atoms with E-state index in [9.17, 15) is 14.7 Å². The minimum atomic E-state index is -0.338. The minimum absolute atomic E-state index is 0.0128. The predicted molar refractivity (Wildman–Crippen MR) is 97.9 cm³/mol. The molecule has 1 aliphatic heterocycles. The highest BCUT2D eigenvalue weighted by molar-refractivity contribution is 6.25. The van der Waals surface area contributed by atoms with Gasteiger partial charge in [-0.2, -0.15) is 0 Å². The number of carbonyl (C=O) groups excluding carboxylic acids is 2. The molecule has 1 amide bonds. The molecular formula is C20H35NO3. The molecule has 0 aliphatic carbocycles. The number of hydrogen-bond donors (Lipinski definition) is 1. The van der Waals surface area contributed by atoms with Crippen LogP contribution < -0.4 is 0 Å². The molecule has 1 N–H and O–H groups in total. The topological polar surface area (TPSA) is 57.6 Å². The van der Waals surface area contributed by atoms with Crippen molar-refractivity contribution in [1.82, 2.24) is 4.90 Å². The number of unbranched alkanes of at least 4 members (excludes halogenated alkanes) is 7. The van der Waals surface area contributed by atoms with Gasteiger partial charge in [0, 0.05) is 13.5 Å². The van der Waals surface area contributed by atoms with Crippen LogP contribution in [0.2, 0.25) is 0 Å². The maximum Gasteiger partial charge on any atom is 0.261 e. The Hall–Kier alpha value is -1.32. The molecule has 1 heterocycles. The molecule has 0 aromatic carbocycles. The van der Waals surface area contributed by atoms with E-state index in [1.165, 1.54) is 49.8 Å². The number of likely N-dealkylation sites (N-methyl/N-ethyl adjacent to an activating group) is 1. The largest absolute Gasteiger partial charge is 0.511 e. The van der Waals surface area contributed by atoms with Crippen molar-refractivity contribution in [2.24, 2.45) is 5.92 Å². The maximum atomic E-state index is 11.8. The fraction of sp³-hybridized carbons (Fsp3) is 0.800. The monoisotopic (exact) mass is 337 g/mol. The summed E-state index contributed by atoms with van der Waals surface area (Å²) >= 11 is 0. The minimum Gasteiger partial charge on any atom is -0.511 e. The predicted octanol–water partition coefficient (Wildman–Crippen LogP) is 4.79. The Morgan fingerprint density at radius 2 is 1.58 bits per heavy atom. The molecule has 4 heteroatoms. The average Bonchev–Trinajstić information content (AvgIpc) is 2.81. The number of amides is 1. The molecule has 1 unspecified atom stereocenters. The third-order valence-electron chi connectivity index (χ3n) is 5.07. The van der Waals surface area contributed by atoms with Gasteiger partial charge in [0.1, 0.15) is 11.3 Å². The van der Waals surface area contributed by atoms with Crippen molar-refractivity contribution in [3.8, 4) is 0 Å². The number of likely N-dealkylation sites (tertiary alicyclic amines) is 1. The van der Waals surface area contributed by atoms with E-state index in [1.54, 1.807) is 7.05 Å². The van der Waals surface area contributed by atoms with E-state index in [-0.39, 0.29) is 29.6 Å². The van der Waals surface area contributed by atoms with E-state index < -0.39 is 0 Å². The van der Waals surface area contributed by atoms with Crippen LogP contribution in [0.15, 0.2) is 11.3 Å². The molecule has 1 saturated heterocycles. The summed E-state index contributed by atoms with van der Waals surface area (Å²) in [6.45, 7) is 4.68. The number of allylic oxidation sites excluding steroid dienone is 1. The Morgan fingerprint density at radius 3 is 2.08 bits per heavy atom. The van der Waals surface area contributed by atoms with Crippen molar-refractivity contribution in [2.45, 2.75) is 84.5 Å². The Labute approximate surface area is 147 Å². The molecule has 0 saturated carbocycles. The van der Waals surface area contributed by atoms with Crippen LogP contribution in [0.4, 0.5) is 0 Å². The fourth-order valence-electron chi connectivity index (χ4n) is 3.14. The summed E-state index contributed by atoms with van der Waals surface area (Å²) < 4.78 is 0. The van der Waals surface area contributed by atoms with Gasteiger partial charge in [0.2, 0.25) is 0 Å². The molecule has 24 heavy (non-hydrogen) atoms. The first-order valence-electron chi connectivity index (χ1n) is 9.68. The van der Waals surface area contributed by atoms with Crippen molar-refractivity contribution >= 4 is 11.7 Å². The standard InChI is InChI=1S/C20H35NO3/c1-4-16(2)13-11-9-7-5-6-8-10-12-14-17(22)19-18(23)15-21(3)20(19)24/h16,22H,4-15H2,1-3H3. The summed E-state index contributed by atoms with van der Waals surface area (Å²) in [4.78, 5) is 24.8. The highest BCUT2D eigenvalue weighted by Crippen LogP contribution is 2.20. The molecule has 4 nitrogen and oxygen atoms in total. The first-order chi connectivity index (χ1) is 11.5. The molecule has 1 atom stereocenters. The number of aliphatic hydroxyl groups is 1. The van der Waals surface area contributed by atoms with Crippen molar-refractivity contribution in [3.05, 3.63) is 11.3 Å². The molecule has 0 radical (unpaired) electrons. The second-order valence-electron chi connectivity index (χ2n) is 7.29. The van der Waals surface area contributed by atoms with Gasteiger partial charge in [0.25, 0.3) is 5.91 Å². The third-order valence-corrected chi connectivity index (χ3v) is 5.07. The number of carbonyl (C=O) groups is 2. The highest BCUT2D eigenvalue weighted by Gasteiger charge is 2.33. The summed E-state index contributed by atoms with van der Waals surface area (Å²) in [5, 5.41) is 9.98. The van der Waals surface area contributed by atoms with Crippen molar-refractivity contribution in [3.63, 3.8) is 0 Å². The van der Waals surface area contributed by atoms with Gasteiger partial charge in [0.15, 0.2) is 5.78 Å². The highest BCUT2D eigenvalue weighted by atomic mass is 16.3. The lowest BCUT2D eigenvalue weighted by molar-refractivity contribution is -0.123. The first-order valence-corrected chi connectivity index (χ1v) is 9.68. The maximum absolute atomic E-state index is 11.8. The number of ketones is 1. The van der Waals surface area contributed by atoms with Crippen LogP contribution in [0, 0.1) is 5.92 Å². The van der Waals surface area contributed by atoms with Gasteiger partial charge in [0.05, 0.1) is 6.54 Å². The second kappa shape index (κ2) is 11.3. The number of hydrogen-bond acceptors (Lipinski definition) is 3. The SMILES string of the molecule is CCC(C)CCCCCCCCCCC(O)=C1C(=O)CN(C)C1=O. The molecule has 1 rings (SSSR count). The number of aliphatic hydroxyl groups excluding tert-OH is 1. The van der Waals surface area contributed by atoms with E-state index in [0.717, 1.165) is 25.2 Å². The molecule has 0 aromatic heterocycles. The lowest BCUT2D eigenvalue weighted by Crippen LogP contribution is -2.19. The number of Topliss-reactive ketones (excluding diaryl/α,β-unsaturated/α-hetero) is 1. The lowest BCUT2D eigenvalue weighted by atomic mass is 9.99. The third kappa shape index (κ3) is 7.06. The van der Waals surface area contributed by atoms with E-state index in [2.05, 4.69) is 13.8 Å². The Kier molecular flexibility index (Phi) is 9.73. The van der Waals surface area contributed by atoms with Crippen LogP contribution in [0.5, 0.6) is 0 Å². The van der Waals surface area contributed by atoms with Gasteiger partial charge >= 0.3 is 0 Å². The van der Waals surface area contributed by atoms with E-state index >= 15 is 0 Å². The smallest absolute Gasteiger partial charge is 0.261 e. The molecule has 0 bridgehead atoms. The Balaban J connectivity index is 2.04. The zero-order valence-corrected chi connectivity index (χ0v) is 15.8. The van der Waals surface area contributed by atoms with E-state index in [1.807, 2.05) is 0 Å². The van der Waals surface area contributed by atoms with Gasteiger partial charge < -0.3 is 10.0 Å². The summed E-state index contributed by atoms with van der Waals surface area (Å²) in [6, 6.07) is 0. The summed E-state index contributed by atoms with van der Waals surface area (Å²) in [5.74, 6) is 0.261. The average molecular weight is 338 g/mol. The molecular weight excluding hydrogens is 302 g/mol. The van der Waals surface area contributed by atoms with Crippen molar-refractivity contribution < 1.29 is 14.7 Å². The second-order valence-corrected chi connectivity index (χ2v) is 7.29. The summed E-state index contributed by atoms with van der Waals surface area (Å²) in [6.07, 6.45) is 12.7. The molecule has 1 fully saturated rings. The van der Waals surface area contributed by atoms with Crippen molar-refractivity contribution in [1.29, 1.82) is 0 Å². The van der Waals surface area contributed by atoms with Crippen LogP contribution in [-0.2, 0) is 9.59 Å². The van der Waals surface area contributed by atoms with Crippen LogP contribution in [0.1, 0.15) is 84.5 Å². The molecule has 0 aromatic rings. The van der Waals surface area contributed by atoms with Gasteiger partial charge in [-0.25, -0.2) is 0 Å². The van der Waals surface area contributed by atoms with E-state index in [0.29, 0.717) is 6.42 Å².